The van der Waals surface area contributed by atoms with Crippen molar-refractivity contribution in [2.24, 2.45) is 0 Å². The summed E-state index contributed by atoms with van der Waals surface area (Å²) >= 11 is 19.2. The maximum Gasteiger partial charge on any atom is 0.264 e. The molecule has 38 heavy (non-hydrogen) atoms. The fraction of sp³-hybridized carbons (Fsp3) is 0.259. The van der Waals surface area contributed by atoms with Gasteiger partial charge in [-0.25, -0.2) is 8.42 Å². The van der Waals surface area contributed by atoms with Gasteiger partial charge in [0.15, 0.2) is 0 Å². The first-order chi connectivity index (χ1) is 18.1. The van der Waals surface area contributed by atoms with Crippen LogP contribution in [0.4, 0.5) is 5.69 Å². The minimum atomic E-state index is -4.21. The van der Waals surface area contributed by atoms with Gasteiger partial charge in [-0.05, 0) is 49.7 Å². The minimum Gasteiger partial charge on any atom is -0.355 e. The van der Waals surface area contributed by atoms with Crippen molar-refractivity contribution in [1.29, 1.82) is 0 Å². The summed E-state index contributed by atoms with van der Waals surface area (Å²) in [7, 11) is -4.21. The number of para-hydroxylation sites is 1. The zero-order valence-corrected chi connectivity index (χ0v) is 24.0. The second-order valence-corrected chi connectivity index (χ2v) is 11.4. The molecule has 1 N–H and O–H groups in total. The molecule has 11 heteroatoms. The van der Waals surface area contributed by atoms with Crippen LogP contribution in [0.2, 0.25) is 15.1 Å². The molecule has 0 heterocycles. The summed E-state index contributed by atoms with van der Waals surface area (Å²) in [5.41, 5.74) is 0.579. The first-order valence-electron chi connectivity index (χ1n) is 11.9. The molecule has 202 valence electrons. The van der Waals surface area contributed by atoms with E-state index in [2.05, 4.69) is 5.32 Å². The smallest absolute Gasteiger partial charge is 0.264 e. The van der Waals surface area contributed by atoms with E-state index in [1.165, 1.54) is 23.1 Å². The van der Waals surface area contributed by atoms with E-state index < -0.39 is 28.5 Å². The molecule has 0 radical (unpaired) electrons. The van der Waals surface area contributed by atoms with E-state index in [-0.39, 0.29) is 34.5 Å². The van der Waals surface area contributed by atoms with Crippen LogP contribution < -0.4 is 9.62 Å². The van der Waals surface area contributed by atoms with Crippen LogP contribution in [0.1, 0.15) is 25.8 Å². The molecule has 0 saturated carbocycles. The van der Waals surface area contributed by atoms with E-state index in [1.807, 2.05) is 0 Å². The van der Waals surface area contributed by atoms with E-state index in [0.29, 0.717) is 22.2 Å². The van der Waals surface area contributed by atoms with Crippen molar-refractivity contribution in [3.8, 4) is 0 Å². The van der Waals surface area contributed by atoms with Crippen molar-refractivity contribution >= 4 is 62.3 Å². The van der Waals surface area contributed by atoms with Crippen molar-refractivity contribution < 1.29 is 18.0 Å². The second kappa shape index (κ2) is 13.3. The molecule has 0 spiro atoms. The first kappa shape index (κ1) is 29.8. The molecule has 3 aromatic rings. The van der Waals surface area contributed by atoms with Gasteiger partial charge in [0.25, 0.3) is 10.0 Å². The highest BCUT2D eigenvalue weighted by molar-refractivity contribution is 7.92. The zero-order valence-electron chi connectivity index (χ0n) is 20.9. The van der Waals surface area contributed by atoms with Crippen LogP contribution in [0.3, 0.4) is 0 Å². The van der Waals surface area contributed by atoms with Gasteiger partial charge < -0.3 is 10.2 Å². The van der Waals surface area contributed by atoms with Crippen molar-refractivity contribution in [1.82, 2.24) is 10.2 Å². The van der Waals surface area contributed by atoms with Crippen LogP contribution in [-0.4, -0.2) is 44.3 Å². The van der Waals surface area contributed by atoms with Crippen LogP contribution in [0, 0.1) is 0 Å². The van der Waals surface area contributed by atoms with Gasteiger partial charge in [-0.3, -0.25) is 13.9 Å². The summed E-state index contributed by atoms with van der Waals surface area (Å²) in [4.78, 5) is 28.2. The molecule has 0 aliphatic rings. The molecule has 0 unspecified atom stereocenters. The third-order valence-electron chi connectivity index (χ3n) is 5.86. The number of amides is 2. The Morgan fingerprint density at radius 1 is 0.842 bits per heavy atom. The Balaban J connectivity index is 2.10. The number of nitrogens with zero attached hydrogens (tertiary/aromatic N) is 2. The third-order valence-corrected chi connectivity index (χ3v) is 8.66. The molecule has 3 aromatic carbocycles. The average molecular weight is 597 g/mol. The molecule has 3 rings (SSSR count). The Bertz CT molecular complexity index is 1370. The van der Waals surface area contributed by atoms with Crippen LogP contribution in [0.15, 0.2) is 77.7 Å². The molecule has 0 saturated heterocycles. The number of carbonyl (C=O) groups excluding carboxylic acids is 2. The van der Waals surface area contributed by atoms with Gasteiger partial charge in [-0.15, -0.1) is 0 Å². The number of anilines is 1. The zero-order chi connectivity index (χ0) is 27.9. The van der Waals surface area contributed by atoms with E-state index in [0.717, 1.165) is 4.31 Å². The van der Waals surface area contributed by atoms with Crippen molar-refractivity contribution in [3.05, 3.63) is 93.4 Å². The minimum absolute atomic E-state index is 0.0100. The summed E-state index contributed by atoms with van der Waals surface area (Å²) in [5.74, 6) is -1.000. The lowest BCUT2D eigenvalue weighted by molar-refractivity contribution is -0.140. The Morgan fingerprint density at radius 2 is 1.42 bits per heavy atom. The van der Waals surface area contributed by atoms with Crippen LogP contribution >= 0.6 is 34.8 Å². The number of nitrogens with one attached hydrogen (secondary N) is 1. The van der Waals surface area contributed by atoms with E-state index in [1.54, 1.807) is 68.4 Å². The number of likely N-dealkylation sites (N-methyl/N-ethyl adjacent to an activating group) is 1. The normalized spacial score (nSPS) is 12.0. The van der Waals surface area contributed by atoms with Gasteiger partial charge >= 0.3 is 0 Å². The molecule has 0 bridgehead atoms. The van der Waals surface area contributed by atoms with Crippen LogP contribution in [0.5, 0.6) is 0 Å². The lowest BCUT2D eigenvalue weighted by atomic mass is 10.1. The van der Waals surface area contributed by atoms with E-state index in [9.17, 15) is 18.0 Å². The van der Waals surface area contributed by atoms with Crippen LogP contribution in [0.25, 0.3) is 0 Å². The number of carbonyl (C=O) groups is 2. The maximum absolute atomic E-state index is 14.0. The monoisotopic (exact) mass is 595 g/mol. The molecule has 1 atom stereocenters. The Morgan fingerprint density at radius 3 is 2.00 bits per heavy atom. The van der Waals surface area contributed by atoms with Gasteiger partial charge in [0.05, 0.1) is 15.6 Å². The van der Waals surface area contributed by atoms with Crippen molar-refractivity contribution in [2.75, 3.05) is 17.4 Å². The van der Waals surface area contributed by atoms with Gasteiger partial charge in [0, 0.05) is 28.7 Å². The topological polar surface area (TPSA) is 86.8 Å². The van der Waals surface area contributed by atoms with Gasteiger partial charge in [-0.2, -0.15) is 0 Å². The summed E-state index contributed by atoms with van der Waals surface area (Å²) < 4.78 is 28.5. The lowest BCUT2D eigenvalue weighted by Crippen LogP contribution is -2.52. The number of rotatable bonds is 11. The lowest BCUT2D eigenvalue weighted by Gasteiger charge is -2.33. The third kappa shape index (κ3) is 6.80. The van der Waals surface area contributed by atoms with Crippen molar-refractivity contribution in [2.45, 2.75) is 37.8 Å². The molecular weight excluding hydrogens is 569 g/mol. The molecule has 0 aliphatic heterocycles. The standard InChI is InChI=1S/C27H28Cl3N3O4S/c1-3-24(27(35)31-4-2)32(17-20-21(28)14-10-15-22(20)29)26(34)18-33(25-16-9-8-13-23(25)30)38(36,37)19-11-6-5-7-12-19/h5-16,24H,3-4,17-18H2,1-2H3,(H,31,35)/t24-/m0/s1. The number of sulfonamides is 1. The molecule has 2 amide bonds. The Labute approximate surface area is 238 Å². The fourth-order valence-corrected chi connectivity index (χ4v) is 6.21. The predicted molar refractivity (Wildman–Crippen MR) is 152 cm³/mol. The number of benzene rings is 3. The molecule has 0 aliphatic carbocycles. The number of hydrogen-bond acceptors (Lipinski definition) is 4. The summed E-state index contributed by atoms with van der Waals surface area (Å²) in [6, 6.07) is 18.1. The largest absolute Gasteiger partial charge is 0.355 e. The van der Waals surface area contributed by atoms with Gasteiger partial charge in [0.2, 0.25) is 11.8 Å². The SMILES string of the molecule is CCNC(=O)[C@H](CC)N(Cc1c(Cl)cccc1Cl)C(=O)CN(c1ccccc1Cl)S(=O)(=O)c1ccccc1. The van der Waals surface area contributed by atoms with Crippen LogP contribution in [-0.2, 0) is 26.2 Å². The maximum atomic E-state index is 14.0. The Hall–Kier alpha value is -2.78. The average Bonchev–Trinajstić information content (AvgIpc) is 2.89. The highest BCUT2D eigenvalue weighted by atomic mass is 35.5. The Kier molecular flexibility index (Phi) is 10.4. The quantitative estimate of drug-likeness (QED) is 0.304. The van der Waals surface area contributed by atoms with E-state index in [4.69, 9.17) is 34.8 Å². The second-order valence-electron chi connectivity index (χ2n) is 8.32. The molecule has 0 aromatic heterocycles. The van der Waals surface area contributed by atoms with Gasteiger partial charge in [0.1, 0.15) is 12.6 Å². The first-order valence-corrected chi connectivity index (χ1v) is 14.5. The summed E-state index contributed by atoms with van der Waals surface area (Å²) in [5, 5.41) is 3.54. The highest BCUT2D eigenvalue weighted by Crippen LogP contribution is 2.31. The number of hydrogen-bond donors (Lipinski definition) is 1. The molecule has 0 fully saturated rings. The predicted octanol–water partition coefficient (Wildman–Crippen LogP) is 5.79. The van der Waals surface area contributed by atoms with E-state index >= 15 is 0 Å². The van der Waals surface area contributed by atoms with Gasteiger partial charge in [-0.1, -0.05) is 78.1 Å². The summed E-state index contributed by atoms with van der Waals surface area (Å²) in [6.07, 6.45) is 0.275. The number of halogens is 3. The fourth-order valence-electron chi connectivity index (χ4n) is 3.95. The van der Waals surface area contributed by atoms with Crippen molar-refractivity contribution in [3.63, 3.8) is 0 Å². The molecular formula is C27H28Cl3N3O4S. The molecule has 7 nitrogen and oxygen atoms in total. The highest BCUT2D eigenvalue weighted by Gasteiger charge is 2.34. The summed E-state index contributed by atoms with van der Waals surface area (Å²) in [6.45, 7) is 3.18.